The van der Waals surface area contributed by atoms with E-state index in [1.54, 1.807) is 42.5 Å². The van der Waals surface area contributed by atoms with Gasteiger partial charge in [0.2, 0.25) is 11.8 Å². The fourth-order valence-corrected chi connectivity index (χ4v) is 2.49. The second kappa shape index (κ2) is 12.0. The van der Waals surface area contributed by atoms with E-state index in [0.717, 1.165) is 5.75 Å². The van der Waals surface area contributed by atoms with Gasteiger partial charge in [0.05, 0.1) is 19.9 Å². The lowest BCUT2D eigenvalue weighted by molar-refractivity contribution is -0.132. The lowest BCUT2D eigenvalue weighted by Crippen LogP contribution is -2.20. The van der Waals surface area contributed by atoms with E-state index >= 15 is 0 Å². The molecule has 0 heterocycles. The van der Waals surface area contributed by atoms with Crippen LogP contribution in [0.3, 0.4) is 0 Å². The van der Waals surface area contributed by atoms with Crippen LogP contribution in [0.1, 0.15) is 32.3 Å². The van der Waals surface area contributed by atoms with Crippen LogP contribution in [0.15, 0.2) is 47.6 Å². The molecule has 0 aliphatic heterocycles. The molecule has 0 saturated carbocycles. The number of ether oxygens (including phenoxy) is 3. The number of nitrogens with one attached hydrogen (secondary N) is 2. The third kappa shape index (κ3) is 8.17. The van der Waals surface area contributed by atoms with Crippen molar-refractivity contribution >= 4 is 29.7 Å². The molecule has 2 rings (SSSR count). The highest BCUT2D eigenvalue weighted by Gasteiger charge is 2.09. The molecule has 9 heteroatoms. The molecule has 0 radical (unpaired) electrons. The summed E-state index contributed by atoms with van der Waals surface area (Å²) in [7, 11) is 1.45. The van der Waals surface area contributed by atoms with E-state index < -0.39 is 11.9 Å². The topological polar surface area (TPSA) is 115 Å². The van der Waals surface area contributed by atoms with Crippen LogP contribution in [-0.2, 0) is 14.4 Å². The van der Waals surface area contributed by atoms with Crippen molar-refractivity contribution in [2.24, 2.45) is 5.10 Å². The quantitative estimate of drug-likeness (QED) is 0.261. The van der Waals surface area contributed by atoms with Crippen molar-refractivity contribution in [1.82, 2.24) is 5.43 Å². The Hall–Kier alpha value is -3.88. The molecule has 0 aliphatic carbocycles. The predicted octanol–water partition coefficient (Wildman–Crippen LogP) is 2.89. The summed E-state index contributed by atoms with van der Waals surface area (Å²) < 4.78 is 15.5. The molecule has 2 N–H and O–H groups in total. The summed E-state index contributed by atoms with van der Waals surface area (Å²) >= 11 is 0. The van der Waals surface area contributed by atoms with E-state index in [0.29, 0.717) is 23.6 Å². The first kappa shape index (κ1) is 23.4. The number of hydrazone groups is 1. The number of hydrogen-bond acceptors (Lipinski definition) is 7. The third-order valence-corrected chi connectivity index (χ3v) is 3.87. The van der Waals surface area contributed by atoms with E-state index in [1.165, 1.54) is 20.2 Å². The Balaban J connectivity index is 1.78. The number of carbonyl (C=O) groups is 3. The summed E-state index contributed by atoms with van der Waals surface area (Å²) in [4.78, 5) is 35.0. The number of benzene rings is 2. The maximum atomic E-state index is 12.0. The number of anilines is 1. The fourth-order valence-electron chi connectivity index (χ4n) is 2.49. The molecular formula is C22H25N3O6. The van der Waals surface area contributed by atoms with Crippen LogP contribution < -0.4 is 25.0 Å². The first-order valence-electron chi connectivity index (χ1n) is 9.62. The Morgan fingerprint density at radius 3 is 2.35 bits per heavy atom. The lowest BCUT2D eigenvalue weighted by atomic mass is 10.2. The molecule has 0 unspecified atom stereocenters. The van der Waals surface area contributed by atoms with Crippen molar-refractivity contribution in [1.29, 1.82) is 0 Å². The number of carbonyl (C=O) groups excluding carboxylic acids is 3. The minimum absolute atomic E-state index is 0.0134. The molecule has 0 bridgehead atoms. The summed E-state index contributed by atoms with van der Waals surface area (Å²) in [5.74, 6) is 0.219. The van der Waals surface area contributed by atoms with Crippen LogP contribution in [0.5, 0.6) is 17.2 Å². The fraction of sp³-hybridized carbons (Fsp3) is 0.273. The number of nitrogens with zero attached hydrogens (tertiary/aromatic N) is 1. The maximum Gasteiger partial charge on any atom is 0.308 e. The van der Waals surface area contributed by atoms with Crippen LogP contribution >= 0.6 is 0 Å². The molecule has 2 amide bonds. The Morgan fingerprint density at radius 2 is 1.71 bits per heavy atom. The van der Waals surface area contributed by atoms with Crippen molar-refractivity contribution < 1.29 is 28.6 Å². The first-order chi connectivity index (χ1) is 14.9. The Bertz CT molecular complexity index is 941. The van der Waals surface area contributed by atoms with Gasteiger partial charge in [-0.15, -0.1) is 0 Å². The van der Waals surface area contributed by atoms with Gasteiger partial charge in [-0.25, -0.2) is 5.43 Å². The molecule has 31 heavy (non-hydrogen) atoms. The zero-order valence-corrected chi connectivity index (χ0v) is 17.6. The molecule has 0 aromatic heterocycles. The summed E-state index contributed by atoms with van der Waals surface area (Å²) in [5, 5.41) is 6.58. The van der Waals surface area contributed by atoms with Gasteiger partial charge in [-0.05, 0) is 55.0 Å². The van der Waals surface area contributed by atoms with Gasteiger partial charge >= 0.3 is 5.97 Å². The third-order valence-electron chi connectivity index (χ3n) is 3.87. The molecule has 164 valence electrons. The van der Waals surface area contributed by atoms with E-state index in [2.05, 4.69) is 15.8 Å². The summed E-state index contributed by atoms with van der Waals surface area (Å²) in [6, 6.07) is 11.8. The average molecular weight is 427 g/mol. The number of amides is 2. The van der Waals surface area contributed by atoms with Crippen LogP contribution in [-0.4, -0.2) is 37.7 Å². The van der Waals surface area contributed by atoms with Crippen LogP contribution in [0.2, 0.25) is 0 Å². The normalized spacial score (nSPS) is 10.4. The molecule has 0 fully saturated rings. The highest BCUT2D eigenvalue weighted by atomic mass is 16.6. The predicted molar refractivity (Wildman–Crippen MR) is 116 cm³/mol. The minimum Gasteiger partial charge on any atom is -0.494 e. The molecule has 0 atom stereocenters. The number of esters is 1. The van der Waals surface area contributed by atoms with Crippen LogP contribution in [0.25, 0.3) is 0 Å². The maximum absolute atomic E-state index is 12.0. The molecule has 0 spiro atoms. The molecule has 2 aromatic rings. The Kier molecular flexibility index (Phi) is 9.03. The monoisotopic (exact) mass is 427 g/mol. The van der Waals surface area contributed by atoms with Crippen LogP contribution in [0.4, 0.5) is 5.69 Å². The van der Waals surface area contributed by atoms with Gasteiger partial charge in [0.25, 0.3) is 0 Å². The largest absolute Gasteiger partial charge is 0.494 e. The van der Waals surface area contributed by atoms with Gasteiger partial charge in [-0.2, -0.15) is 5.10 Å². The highest BCUT2D eigenvalue weighted by molar-refractivity contribution is 5.93. The second-order valence-corrected chi connectivity index (χ2v) is 6.30. The van der Waals surface area contributed by atoms with E-state index in [1.807, 2.05) is 6.92 Å². The summed E-state index contributed by atoms with van der Waals surface area (Å²) in [6.07, 6.45) is 1.41. The van der Waals surface area contributed by atoms with Gasteiger partial charge in [0.15, 0.2) is 11.5 Å². The molecule has 2 aromatic carbocycles. The zero-order valence-electron chi connectivity index (χ0n) is 17.6. The summed E-state index contributed by atoms with van der Waals surface area (Å²) in [5.41, 5.74) is 3.61. The highest BCUT2D eigenvalue weighted by Crippen LogP contribution is 2.27. The van der Waals surface area contributed by atoms with Gasteiger partial charge in [-0.1, -0.05) is 0 Å². The van der Waals surface area contributed by atoms with Crippen molar-refractivity contribution in [2.45, 2.75) is 26.7 Å². The van der Waals surface area contributed by atoms with Crippen molar-refractivity contribution in [2.75, 3.05) is 19.0 Å². The van der Waals surface area contributed by atoms with Gasteiger partial charge in [0, 0.05) is 25.5 Å². The van der Waals surface area contributed by atoms with E-state index in [4.69, 9.17) is 14.2 Å². The van der Waals surface area contributed by atoms with Crippen LogP contribution in [0, 0.1) is 0 Å². The van der Waals surface area contributed by atoms with Gasteiger partial charge in [-0.3, -0.25) is 14.4 Å². The lowest BCUT2D eigenvalue weighted by Gasteiger charge is -2.08. The van der Waals surface area contributed by atoms with E-state index in [9.17, 15) is 14.4 Å². The Morgan fingerprint density at radius 1 is 1.00 bits per heavy atom. The number of methoxy groups -OCH3 is 1. The SMILES string of the molecule is CCOc1ccc(NC(=O)CCC(=O)N/N=C/c2ccc(OC(C)=O)c(OC)c2)cc1. The second-order valence-electron chi connectivity index (χ2n) is 6.30. The van der Waals surface area contributed by atoms with Gasteiger partial charge < -0.3 is 19.5 Å². The number of rotatable bonds is 10. The van der Waals surface area contributed by atoms with Crippen molar-refractivity contribution in [3.63, 3.8) is 0 Å². The molecular weight excluding hydrogens is 402 g/mol. The molecule has 0 aliphatic rings. The molecule has 0 saturated heterocycles. The summed E-state index contributed by atoms with van der Waals surface area (Å²) in [6.45, 7) is 3.75. The van der Waals surface area contributed by atoms with Gasteiger partial charge in [0.1, 0.15) is 5.75 Å². The van der Waals surface area contributed by atoms with E-state index in [-0.39, 0.29) is 24.5 Å². The minimum atomic E-state index is -0.460. The first-order valence-corrected chi connectivity index (χ1v) is 9.62. The standard InChI is InChI=1S/C22H25N3O6/c1-4-30-18-8-6-17(7-9-18)24-21(27)11-12-22(28)25-23-14-16-5-10-19(31-15(2)26)20(13-16)29-3/h5-10,13-14H,4,11-12H2,1-3H3,(H,24,27)(H,25,28)/b23-14+. The van der Waals surface area contributed by atoms with Crippen molar-refractivity contribution in [3.05, 3.63) is 48.0 Å². The zero-order chi connectivity index (χ0) is 22.6. The molecule has 9 nitrogen and oxygen atoms in total. The van der Waals surface area contributed by atoms with Crippen molar-refractivity contribution in [3.8, 4) is 17.2 Å². The number of hydrogen-bond donors (Lipinski definition) is 2. The smallest absolute Gasteiger partial charge is 0.308 e. The Labute approximate surface area is 180 Å². The average Bonchev–Trinajstić information content (AvgIpc) is 2.74.